The second-order valence-corrected chi connectivity index (χ2v) is 7.26. The normalized spacial score (nSPS) is 19.8. The molecule has 2 aliphatic rings. The summed E-state index contributed by atoms with van der Waals surface area (Å²) >= 11 is 0. The molecule has 2 fully saturated rings. The van der Waals surface area contributed by atoms with Crippen molar-refractivity contribution in [1.82, 2.24) is 21.7 Å². The molecule has 0 atom stereocenters. The standard InChI is InChI=1S/C18H34N4O2/c23-17(21-19-15-9-3-1-4-10-15)13-7-8-14-18(24)22-20-16-11-5-2-6-12-16/h15-16,19-20H,1-14H2,(H,21,23)(H,22,24). The van der Waals surface area contributed by atoms with Crippen molar-refractivity contribution >= 4 is 11.8 Å². The quantitative estimate of drug-likeness (QED) is 0.384. The average molecular weight is 338 g/mol. The van der Waals surface area contributed by atoms with Crippen molar-refractivity contribution in [3.8, 4) is 0 Å². The van der Waals surface area contributed by atoms with Crippen molar-refractivity contribution in [1.29, 1.82) is 0 Å². The van der Waals surface area contributed by atoms with Gasteiger partial charge in [0, 0.05) is 24.9 Å². The minimum Gasteiger partial charge on any atom is -0.291 e. The summed E-state index contributed by atoms with van der Waals surface area (Å²) in [6.45, 7) is 0. The van der Waals surface area contributed by atoms with Crippen LogP contribution in [0.15, 0.2) is 0 Å². The van der Waals surface area contributed by atoms with Gasteiger partial charge < -0.3 is 0 Å². The van der Waals surface area contributed by atoms with Crippen LogP contribution in [0.5, 0.6) is 0 Å². The molecule has 2 saturated carbocycles. The second kappa shape index (κ2) is 11.4. The van der Waals surface area contributed by atoms with Crippen molar-refractivity contribution in [3.05, 3.63) is 0 Å². The monoisotopic (exact) mass is 338 g/mol. The van der Waals surface area contributed by atoms with E-state index >= 15 is 0 Å². The predicted molar refractivity (Wildman–Crippen MR) is 94.8 cm³/mol. The van der Waals surface area contributed by atoms with Crippen LogP contribution >= 0.6 is 0 Å². The molecule has 2 rings (SSSR count). The largest absolute Gasteiger partial charge is 0.291 e. The van der Waals surface area contributed by atoms with Gasteiger partial charge in [-0.15, -0.1) is 0 Å². The Morgan fingerprint density at radius 3 is 1.38 bits per heavy atom. The fourth-order valence-electron chi connectivity index (χ4n) is 3.56. The molecule has 6 heteroatoms. The van der Waals surface area contributed by atoms with Crippen LogP contribution in [0.2, 0.25) is 0 Å². The van der Waals surface area contributed by atoms with E-state index < -0.39 is 0 Å². The van der Waals surface area contributed by atoms with Crippen molar-refractivity contribution in [2.45, 2.75) is 102 Å². The number of unbranched alkanes of at least 4 members (excludes halogenated alkanes) is 1. The molecule has 0 unspecified atom stereocenters. The number of hydrogen-bond donors (Lipinski definition) is 4. The lowest BCUT2D eigenvalue weighted by Crippen LogP contribution is -2.45. The lowest BCUT2D eigenvalue weighted by Gasteiger charge is -2.23. The molecule has 0 aliphatic heterocycles. The van der Waals surface area contributed by atoms with E-state index in [1.165, 1.54) is 38.5 Å². The molecule has 2 aliphatic carbocycles. The van der Waals surface area contributed by atoms with Crippen molar-refractivity contribution in [3.63, 3.8) is 0 Å². The molecule has 24 heavy (non-hydrogen) atoms. The average Bonchev–Trinajstić information content (AvgIpc) is 2.63. The molecule has 138 valence electrons. The number of hydrazine groups is 2. The first-order valence-corrected chi connectivity index (χ1v) is 9.83. The maximum atomic E-state index is 11.8. The zero-order valence-electron chi connectivity index (χ0n) is 14.9. The fourth-order valence-corrected chi connectivity index (χ4v) is 3.56. The highest BCUT2D eigenvalue weighted by atomic mass is 16.2. The zero-order chi connectivity index (χ0) is 17.0. The van der Waals surface area contributed by atoms with E-state index in [1.807, 2.05) is 0 Å². The lowest BCUT2D eigenvalue weighted by molar-refractivity contribution is -0.124. The van der Waals surface area contributed by atoms with Gasteiger partial charge >= 0.3 is 0 Å². The maximum absolute atomic E-state index is 11.8. The van der Waals surface area contributed by atoms with E-state index in [0.717, 1.165) is 38.5 Å². The Hall–Kier alpha value is -1.14. The summed E-state index contributed by atoms with van der Waals surface area (Å²) in [5, 5.41) is 0. The van der Waals surface area contributed by atoms with E-state index in [9.17, 15) is 9.59 Å². The summed E-state index contributed by atoms with van der Waals surface area (Å²) in [7, 11) is 0. The van der Waals surface area contributed by atoms with E-state index in [-0.39, 0.29) is 11.8 Å². The van der Waals surface area contributed by atoms with Crippen LogP contribution in [0.3, 0.4) is 0 Å². The summed E-state index contributed by atoms with van der Waals surface area (Å²) in [4.78, 5) is 23.6. The molecule has 0 aromatic rings. The van der Waals surface area contributed by atoms with Crippen LogP contribution in [-0.4, -0.2) is 23.9 Å². The highest BCUT2D eigenvalue weighted by Crippen LogP contribution is 2.17. The van der Waals surface area contributed by atoms with Gasteiger partial charge in [0.2, 0.25) is 11.8 Å². The Morgan fingerprint density at radius 1 is 0.625 bits per heavy atom. The molecule has 0 saturated heterocycles. The molecular weight excluding hydrogens is 304 g/mol. The minimum absolute atomic E-state index is 0.0290. The molecular formula is C18H34N4O2. The van der Waals surface area contributed by atoms with Crippen LogP contribution in [0.1, 0.15) is 89.9 Å². The Labute approximate surface area is 145 Å². The van der Waals surface area contributed by atoms with Gasteiger partial charge in [0.05, 0.1) is 0 Å². The predicted octanol–water partition coefficient (Wildman–Crippen LogP) is 2.45. The van der Waals surface area contributed by atoms with E-state index in [1.54, 1.807) is 0 Å². The number of nitrogens with one attached hydrogen (secondary N) is 4. The highest BCUT2D eigenvalue weighted by Gasteiger charge is 2.14. The summed E-state index contributed by atoms with van der Waals surface area (Å²) in [6, 6.07) is 0.860. The molecule has 0 spiro atoms. The summed E-state index contributed by atoms with van der Waals surface area (Å²) in [5.74, 6) is 0.0580. The molecule has 0 aromatic carbocycles. The van der Waals surface area contributed by atoms with Gasteiger partial charge in [-0.2, -0.15) is 0 Å². The Bertz CT molecular complexity index is 341. The van der Waals surface area contributed by atoms with Gasteiger partial charge in [0.1, 0.15) is 0 Å². The van der Waals surface area contributed by atoms with Gasteiger partial charge in [0.25, 0.3) is 0 Å². The number of carbonyl (C=O) groups excluding carboxylic acids is 2. The number of rotatable bonds is 9. The van der Waals surface area contributed by atoms with Gasteiger partial charge in [-0.3, -0.25) is 20.4 Å². The molecule has 0 bridgehead atoms. The molecule has 4 N–H and O–H groups in total. The smallest absolute Gasteiger partial charge is 0.234 e. The third-order valence-corrected chi connectivity index (χ3v) is 5.10. The highest BCUT2D eigenvalue weighted by molar-refractivity contribution is 5.76. The molecule has 0 aromatic heterocycles. The Morgan fingerprint density at radius 2 is 1.00 bits per heavy atom. The van der Waals surface area contributed by atoms with Crippen molar-refractivity contribution in [2.24, 2.45) is 0 Å². The van der Waals surface area contributed by atoms with Crippen molar-refractivity contribution < 1.29 is 9.59 Å². The summed E-state index contributed by atoms with van der Waals surface area (Å²) in [5.41, 5.74) is 11.9. The van der Waals surface area contributed by atoms with E-state index in [2.05, 4.69) is 21.7 Å². The van der Waals surface area contributed by atoms with E-state index in [4.69, 9.17) is 0 Å². The number of carbonyl (C=O) groups is 2. The van der Waals surface area contributed by atoms with Crippen LogP contribution in [0.4, 0.5) is 0 Å². The molecule has 6 nitrogen and oxygen atoms in total. The maximum Gasteiger partial charge on any atom is 0.234 e. The Balaban J connectivity index is 1.43. The van der Waals surface area contributed by atoms with Gasteiger partial charge in [-0.25, -0.2) is 10.9 Å². The fraction of sp³-hybridized carbons (Fsp3) is 0.889. The summed E-state index contributed by atoms with van der Waals surface area (Å²) in [6.07, 6.45) is 14.6. The van der Waals surface area contributed by atoms with Crippen LogP contribution in [0.25, 0.3) is 0 Å². The molecule has 0 radical (unpaired) electrons. The number of amides is 2. The SMILES string of the molecule is O=C(CCCCC(=O)NNC1CCCCC1)NNC1CCCCC1. The molecule has 0 heterocycles. The van der Waals surface area contributed by atoms with E-state index in [0.29, 0.717) is 24.9 Å². The van der Waals surface area contributed by atoms with Crippen LogP contribution in [-0.2, 0) is 9.59 Å². The molecule has 2 amide bonds. The first-order valence-electron chi connectivity index (χ1n) is 9.83. The second-order valence-electron chi connectivity index (χ2n) is 7.26. The van der Waals surface area contributed by atoms with Gasteiger partial charge in [0.15, 0.2) is 0 Å². The summed E-state index contributed by atoms with van der Waals surface area (Å²) < 4.78 is 0. The minimum atomic E-state index is 0.0290. The third-order valence-electron chi connectivity index (χ3n) is 5.10. The zero-order valence-corrected chi connectivity index (χ0v) is 14.9. The Kier molecular flexibility index (Phi) is 9.13. The van der Waals surface area contributed by atoms with Crippen LogP contribution in [0, 0.1) is 0 Å². The van der Waals surface area contributed by atoms with Gasteiger partial charge in [-0.05, 0) is 38.5 Å². The van der Waals surface area contributed by atoms with Crippen molar-refractivity contribution in [2.75, 3.05) is 0 Å². The van der Waals surface area contributed by atoms with Gasteiger partial charge in [-0.1, -0.05) is 38.5 Å². The third kappa shape index (κ3) is 8.11. The number of hydrogen-bond acceptors (Lipinski definition) is 4. The first-order chi connectivity index (χ1) is 11.7. The first kappa shape index (κ1) is 19.2. The lowest BCUT2D eigenvalue weighted by atomic mass is 9.96. The van der Waals surface area contributed by atoms with Crippen LogP contribution < -0.4 is 21.7 Å². The topological polar surface area (TPSA) is 82.3 Å².